The van der Waals surface area contributed by atoms with Crippen LogP contribution in [0.5, 0.6) is 0 Å². The lowest BCUT2D eigenvalue weighted by molar-refractivity contribution is -0.117. The van der Waals surface area contributed by atoms with Crippen LogP contribution in [-0.4, -0.2) is 31.7 Å². The van der Waals surface area contributed by atoms with Gasteiger partial charge < -0.3 is 5.11 Å². The average molecular weight is 345 g/mol. The molecular weight excluding hydrogens is 326 g/mol. The zero-order chi connectivity index (χ0) is 17.4. The van der Waals surface area contributed by atoms with Crippen LogP contribution in [0.4, 0.5) is 5.69 Å². The zero-order valence-corrected chi connectivity index (χ0v) is 13.9. The molecule has 0 amide bonds. The van der Waals surface area contributed by atoms with Gasteiger partial charge in [-0.15, -0.1) is 0 Å². The number of carbonyl (C=O) groups excluding carboxylic acids is 1. The van der Waals surface area contributed by atoms with Crippen molar-refractivity contribution in [3.05, 3.63) is 71.8 Å². The number of sulfonamides is 1. The lowest BCUT2D eigenvalue weighted by Crippen LogP contribution is -2.18. The van der Waals surface area contributed by atoms with Gasteiger partial charge in [0.2, 0.25) is 10.0 Å². The molecule has 6 heteroatoms. The van der Waals surface area contributed by atoms with Crippen LogP contribution in [0.2, 0.25) is 0 Å². The summed E-state index contributed by atoms with van der Waals surface area (Å²) in [4.78, 5) is 11.1. The van der Waals surface area contributed by atoms with Crippen LogP contribution in [0.1, 0.15) is 11.1 Å². The van der Waals surface area contributed by atoms with Crippen LogP contribution in [0.3, 0.4) is 0 Å². The Kier molecular flexibility index (Phi) is 6.28. The van der Waals surface area contributed by atoms with Gasteiger partial charge in [-0.3, -0.25) is 9.52 Å². The summed E-state index contributed by atoms with van der Waals surface area (Å²) in [6, 6.07) is 16.1. The number of rotatable bonds is 8. The molecule has 24 heavy (non-hydrogen) atoms. The van der Waals surface area contributed by atoms with Crippen LogP contribution in [0.25, 0.3) is 6.08 Å². The number of anilines is 1. The molecule has 126 valence electrons. The number of ketones is 1. The quantitative estimate of drug-likeness (QED) is 0.719. The molecule has 0 aromatic heterocycles. The third-order valence-corrected chi connectivity index (χ3v) is 4.57. The summed E-state index contributed by atoms with van der Waals surface area (Å²) >= 11 is 0. The third kappa shape index (κ3) is 5.98. The maximum atomic E-state index is 12.2. The van der Waals surface area contributed by atoms with Crippen LogP contribution >= 0.6 is 0 Å². The van der Waals surface area contributed by atoms with E-state index in [0.29, 0.717) is 17.7 Å². The topological polar surface area (TPSA) is 83.5 Å². The Morgan fingerprint density at radius 3 is 2.54 bits per heavy atom. The number of aliphatic hydroxyl groups is 1. The molecule has 0 bridgehead atoms. The highest BCUT2D eigenvalue weighted by Crippen LogP contribution is 2.14. The third-order valence-electron chi connectivity index (χ3n) is 3.28. The summed E-state index contributed by atoms with van der Waals surface area (Å²) in [5.41, 5.74) is 2.06. The first kappa shape index (κ1) is 17.9. The average Bonchev–Trinajstić information content (AvgIpc) is 2.59. The Labute approximate surface area is 141 Å². The van der Waals surface area contributed by atoms with Gasteiger partial charge in [0.15, 0.2) is 5.78 Å². The summed E-state index contributed by atoms with van der Waals surface area (Å²) in [7, 11) is -3.47. The van der Waals surface area contributed by atoms with Gasteiger partial charge in [-0.2, -0.15) is 0 Å². The maximum absolute atomic E-state index is 12.2. The number of hydrogen-bond donors (Lipinski definition) is 2. The van der Waals surface area contributed by atoms with E-state index in [9.17, 15) is 13.2 Å². The first-order valence-corrected chi connectivity index (χ1v) is 9.10. The molecule has 0 heterocycles. The number of aryl methyl sites for hydroxylation is 1. The van der Waals surface area contributed by atoms with Gasteiger partial charge in [0.25, 0.3) is 0 Å². The molecule has 0 aliphatic rings. The molecule has 0 aliphatic carbocycles. The van der Waals surface area contributed by atoms with E-state index >= 15 is 0 Å². The molecule has 0 unspecified atom stereocenters. The molecule has 0 atom stereocenters. The maximum Gasteiger partial charge on any atom is 0.233 e. The van der Waals surface area contributed by atoms with E-state index < -0.39 is 22.4 Å². The van der Waals surface area contributed by atoms with Gasteiger partial charge in [0.1, 0.15) is 6.61 Å². The minimum Gasteiger partial charge on any atom is -0.388 e. The highest BCUT2D eigenvalue weighted by atomic mass is 32.2. The first-order valence-electron chi connectivity index (χ1n) is 7.45. The lowest BCUT2D eigenvalue weighted by atomic mass is 10.2. The fourth-order valence-electron chi connectivity index (χ4n) is 2.08. The van der Waals surface area contributed by atoms with Gasteiger partial charge in [0.05, 0.1) is 5.75 Å². The summed E-state index contributed by atoms with van der Waals surface area (Å²) in [5.74, 6) is -0.427. The standard InChI is InChI=1S/C18H19NO4S/c20-14-18(21)10-9-16-7-4-8-17(13-16)19-24(22,23)12-11-15-5-2-1-3-6-15/h1-10,13,19-20H,11-12,14H2/b10-9+. The van der Waals surface area contributed by atoms with Crippen molar-refractivity contribution >= 4 is 27.6 Å². The summed E-state index contributed by atoms with van der Waals surface area (Å²) in [6.07, 6.45) is 3.21. The summed E-state index contributed by atoms with van der Waals surface area (Å²) < 4.78 is 26.9. The van der Waals surface area contributed by atoms with Crippen molar-refractivity contribution < 1.29 is 18.3 Å². The molecular formula is C18H19NO4S. The number of hydrogen-bond acceptors (Lipinski definition) is 4. The first-order chi connectivity index (χ1) is 11.5. The van der Waals surface area contributed by atoms with Crippen molar-refractivity contribution in [3.8, 4) is 0 Å². The minimum atomic E-state index is -3.47. The van der Waals surface area contributed by atoms with E-state index in [2.05, 4.69) is 4.72 Å². The fourth-order valence-corrected chi connectivity index (χ4v) is 3.17. The summed E-state index contributed by atoms with van der Waals surface area (Å²) in [5, 5.41) is 8.68. The molecule has 2 rings (SSSR count). The van der Waals surface area contributed by atoms with Crippen molar-refractivity contribution in [1.82, 2.24) is 0 Å². The molecule has 5 nitrogen and oxygen atoms in total. The predicted octanol–water partition coefficient (Wildman–Crippen LogP) is 2.25. The van der Waals surface area contributed by atoms with Gasteiger partial charge in [-0.1, -0.05) is 48.5 Å². The van der Waals surface area contributed by atoms with Crippen molar-refractivity contribution in [2.75, 3.05) is 17.1 Å². The highest BCUT2D eigenvalue weighted by molar-refractivity contribution is 7.92. The van der Waals surface area contributed by atoms with E-state index in [1.807, 2.05) is 30.3 Å². The fraction of sp³-hybridized carbons (Fsp3) is 0.167. The smallest absolute Gasteiger partial charge is 0.233 e. The van der Waals surface area contributed by atoms with Crippen LogP contribution in [-0.2, 0) is 21.2 Å². The Hall–Kier alpha value is -2.44. The van der Waals surface area contributed by atoms with Crippen molar-refractivity contribution in [2.24, 2.45) is 0 Å². The molecule has 2 aromatic carbocycles. The van der Waals surface area contributed by atoms with E-state index in [1.54, 1.807) is 24.3 Å². The molecule has 0 spiro atoms. The van der Waals surface area contributed by atoms with Gasteiger partial charge >= 0.3 is 0 Å². The minimum absolute atomic E-state index is 0.0138. The second kappa shape index (κ2) is 8.42. The normalized spacial score (nSPS) is 11.5. The highest BCUT2D eigenvalue weighted by Gasteiger charge is 2.10. The van der Waals surface area contributed by atoms with Crippen LogP contribution in [0.15, 0.2) is 60.7 Å². The molecule has 0 fully saturated rings. The van der Waals surface area contributed by atoms with E-state index in [4.69, 9.17) is 5.11 Å². The second-order valence-corrected chi connectivity index (χ2v) is 7.08. The Morgan fingerprint density at radius 1 is 1.08 bits per heavy atom. The second-order valence-electron chi connectivity index (χ2n) is 5.24. The Balaban J connectivity index is 2.01. The largest absolute Gasteiger partial charge is 0.388 e. The molecule has 0 saturated heterocycles. The molecule has 0 aliphatic heterocycles. The van der Waals surface area contributed by atoms with Gasteiger partial charge in [-0.05, 0) is 35.8 Å². The SMILES string of the molecule is O=C(/C=C/c1cccc(NS(=O)(=O)CCc2ccccc2)c1)CO. The van der Waals surface area contributed by atoms with E-state index in [-0.39, 0.29) is 5.75 Å². The monoisotopic (exact) mass is 345 g/mol. The van der Waals surface area contributed by atoms with E-state index in [1.165, 1.54) is 12.2 Å². The number of benzene rings is 2. The summed E-state index contributed by atoms with van der Waals surface area (Å²) in [6.45, 7) is -0.553. The Bertz CT molecular complexity index is 814. The Morgan fingerprint density at radius 2 is 1.83 bits per heavy atom. The zero-order valence-electron chi connectivity index (χ0n) is 13.1. The number of nitrogens with one attached hydrogen (secondary N) is 1. The lowest BCUT2D eigenvalue weighted by Gasteiger charge is -2.08. The molecule has 2 aromatic rings. The van der Waals surface area contributed by atoms with Crippen molar-refractivity contribution in [3.63, 3.8) is 0 Å². The number of carbonyl (C=O) groups is 1. The molecule has 2 N–H and O–H groups in total. The van der Waals surface area contributed by atoms with Crippen molar-refractivity contribution in [2.45, 2.75) is 6.42 Å². The van der Waals surface area contributed by atoms with E-state index in [0.717, 1.165) is 5.56 Å². The van der Waals surface area contributed by atoms with Gasteiger partial charge in [0, 0.05) is 5.69 Å². The predicted molar refractivity (Wildman–Crippen MR) is 95.1 cm³/mol. The molecule has 0 radical (unpaired) electrons. The van der Waals surface area contributed by atoms with Crippen molar-refractivity contribution in [1.29, 1.82) is 0 Å². The molecule has 0 saturated carbocycles. The van der Waals surface area contributed by atoms with Crippen LogP contribution < -0.4 is 4.72 Å². The van der Waals surface area contributed by atoms with Gasteiger partial charge in [-0.25, -0.2) is 8.42 Å². The van der Waals surface area contributed by atoms with Crippen LogP contribution in [0, 0.1) is 0 Å². The number of aliphatic hydroxyl groups excluding tert-OH is 1.